The van der Waals surface area contributed by atoms with Crippen LogP contribution in [0.3, 0.4) is 0 Å². The number of aromatic nitrogens is 4. The summed E-state index contributed by atoms with van der Waals surface area (Å²) in [5.41, 5.74) is 2.99. The maximum absolute atomic E-state index is 13.3. The normalized spacial score (nSPS) is 12.1. The number of hydrogen-bond donors (Lipinski definition) is 4. The minimum atomic E-state index is -1.54. The summed E-state index contributed by atoms with van der Waals surface area (Å²) >= 11 is 0. The van der Waals surface area contributed by atoms with Crippen molar-refractivity contribution in [2.75, 3.05) is 0 Å². The van der Waals surface area contributed by atoms with E-state index in [0.717, 1.165) is 4.57 Å². The second kappa shape index (κ2) is 10.6. The Morgan fingerprint density at radius 2 is 1.22 bits per heavy atom. The molecular formula is C35H22N4O6. The first-order valence-electron chi connectivity index (χ1n) is 13.8. The number of benzene rings is 2. The maximum Gasteiger partial charge on any atom is 0.416 e. The number of hydrogen-bond acceptors (Lipinski definition) is 5. The van der Waals surface area contributed by atoms with Crippen molar-refractivity contribution in [2.24, 2.45) is 0 Å². The van der Waals surface area contributed by atoms with E-state index in [9.17, 15) is 29.7 Å². The fourth-order valence-corrected chi connectivity index (χ4v) is 5.74. The second-order valence-electron chi connectivity index (χ2n) is 10.4. The van der Waals surface area contributed by atoms with Crippen molar-refractivity contribution in [1.82, 2.24) is 19.5 Å². The molecule has 0 unspecified atom stereocenters. The molecule has 2 aliphatic rings. The van der Waals surface area contributed by atoms with Crippen LogP contribution in [-0.4, -0.2) is 52.9 Å². The molecule has 10 heteroatoms. The smallest absolute Gasteiger partial charge is 0.416 e. The van der Waals surface area contributed by atoms with Gasteiger partial charge in [0.15, 0.2) is 0 Å². The van der Waals surface area contributed by atoms with Crippen LogP contribution in [-0.2, 0) is 4.79 Å². The Morgan fingerprint density at radius 1 is 0.644 bits per heavy atom. The van der Waals surface area contributed by atoms with Crippen LogP contribution >= 0.6 is 0 Å². The highest BCUT2D eigenvalue weighted by molar-refractivity contribution is 6.25. The summed E-state index contributed by atoms with van der Waals surface area (Å²) in [6.07, 6.45) is 3.34. The molecule has 0 saturated carbocycles. The summed E-state index contributed by atoms with van der Waals surface area (Å²) in [6, 6.07) is 26.4. The zero-order valence-corrected chi connectivity index (χ0v) is 23.3. The Hall–Kier alpha value is -6.55. The number of carboxylic acids is 2. The highest BCUT2D eigenvalue weighted by atomic mass is 16.4. The minimum absolute atomic E-state index is 0.149. The van der Waals surface area contributed by atoms with Crippen LogP contribution in [0.4, 0.5) is 4.79 Å². The Morgan fingerprint density at radius 3 is 1.80 bits per heavy atom. The third-order valence-corrected chi connectivity index (χ3v) is 7.54. The van der Waals surface area contributed by atoms with Crippen molar-refractivity contribution in [3.05, 3.63) is 119 Å². The van der Waals surface area contributed by atoms with Gasteiger partial charge in [0.1, 0.15) is 5.56 Å². The molecule has 2 aliphatic heterocycles. The predicted molar refractivity (Wildman–Crippen MR) is 170 cm³/mol. The first-order valence-corrected chi connectivity index (χ1v) is 13.8. The van der Waals surface area contributed by atoms with Crippen LogP contribution in [0, 0.1) is 0 Å². The van der Waals surface area contributed by atoms with Crippen molar-refractivity contribution in [3.63, 3.8) is 0 Å². The summed E-state index contributed by atoms with van der Waals surface area (Å²) < 4.78 is 0.887. The monoisotopic (exact) mass is 594 g/mol. The Kier molecular flexibility index (Phi) is 6.44. The van der Waals surface area contributed by atoms with Gasteiger partial charge in [0, 0.05) is 22.2 Å². The van der Waals surface area contributed by atoms with E-state index in [-0.39, 0.29) is 33.6 Å². The summed E-state index contributed by atoms with van der Waals surface area (Å²) in [5, 5.41) is 31.8. The highest BCUT2D eigenvalue weighted by Gasteiger charge is 2.32. The van der Waals surface area contributed by atoms with Gasteiger partial charge in [0.05, 0.1) is 39.4 Å². The quantitative estimate of drug-likeness (QED) is 0.168. The first kappa shape index (κ1) is 27.3. The fraction of sp³-hybridized carbons (Fsp3) is 0. The van der Waals surface area contributed by atoms with Gasteiger partial charge >= 0.3 is 18.0 Å². The van der Waals surface area contributed by atoms with Crippen molar-refractivity contribution >= 4 is 63.9 Å². The minimum Gasteiger partial charge on any atom is -0.478 e. The zero-order valence-electron chi connectivity index (χ0n) is 23.3. The lowest BCUT2D eigenvalue weighted by atomic mass is 9.94. The van der Waals surface area contributed by atoms with Gasteiger partial charge in [-0.2, -0.15) is 0 Å². The van der Waals surface area contributed by atoms with Gasteiger partial charge < -0.3 is 20.3 Å². The van der Waals surface area contributed by atoms with Gasteiger partial charge in [-0.05, 0) is 59.7 Å². The number of carbonyl (C=O) groups is 3. The Balaban J connectivity index is 1.83. The number of nitrogens with zero attached hydrogens (tertiary/aromatic N) is 3. The number of H-pyrrole nitrogens is 1. The lowest BCUT2D eigenvalue weighted by Gasteiger charge is -2.09. The lowest BCUT2D eigenvalue weighted by Crippen LogP contribution is -2.13. The molecule has 0 radical (unpaired) electrons. The molecule has 0 spiro atoms. The molecule has 0 atom stereocenters. The van der Waals surface area contributed by atoms with Crippen LogP contribution in [0.5, 0.6) is 0 Å². The first-order chi connectivity index (χ1) is 21.8. The molecule has 10 nitrogen and oxygen atoms in total. The molecule has 8 bridgehead atoms. The van der Waals surface area contributed by atoms with E-state index in [1.807, 2.05) is 18.2 Å². The van der Waals surface area contributed by atoms with Crippen LogP contribution in [0.15, 0.2) is 91.0 Å². The molecule has 7 rings (SSSR count). The number of fused-ring (bicyclic) bond motifs is 8. The van der Waals surface area contributed by atoms with E-state index in [0.29, 0.717) is 39.1 Å². The topological polar surface area (TPSA) is 158 Å². The molecule has 4 N–H and O–H groups in total. The van der Waals surface area contributed by atoms with Gasteiger partial charge in [0.25, 0.3) is 0 Å². The largest absolute Gasteiger partial charge is 0.478 e. The lowest BCUT2D eigenvalue weighted by molar-refractivity contribution is -0.130. The average Bonchev–Trinajstić information content (AvgIpc) is 3.81. The van der Waals surface area contributed by atoms with Gasteiger partial charge in [-0.1, -0.05) is 60.7 Å². The summed E-state index contributed by atoms with van der Waals surface area (Å²) in [7, 11) is 0. The number of carboxylic acid groups (broad SMARTS) is 3. The molecule has 2 aromatic carbocycles. The Bertz CT molecular complexity index is 2300. The predicted octanol–water partition coefficient (Wildman–Crippen LogP) is 7.14. The molecule has 45 heavy (non-hydrogen) atoms. The number of nitrogens with one attached hydrogen (secondary N) is 1. The van der Waals surface area contributed by atoms with Crippen LogP contribution in [0.2, 0.25) is 0 Å². The number of aromatic amines is 1. The molecule has 3 aromatic heterocycles. The van der Waals surface area contributed by atoms with Crippen LogP contribution in [0.25, 0.3) is 68.1 Å². The summed E-state index contributed by atoms with van der Waals surface area (Å²) in [5.74, 6) is -2.95. The molecule has 218 valence electrons. The van der Waals surface area contributed by atoms with Crippen molar-refractivity contribution in [3.8, 4) is 22.3 Å². The maximum atomic E-state index is 13.3. The highest BCUT2D eigenvalue weighted by Crippen LogP contribution is 2.44. The van der Waals surface area contributed by atoms with Gasteiger partial charge in [-0.15, -0.1) is 0 Å². The number of aromatic carboxylic acids is 1. The molecule has 0 amide bonds. The van der Waals surface area contributed by atoms with E-state index in [1.54, 1.807) is 84.9 Å². The average molecular weight is 595 g/mol. The van der Waals surface area contributed by atoms with Gasteiger partial charge in [-0.25, -0.2) is 28.9 Å². The zero-order chi connectivity index (χ0) is 31.2. The van der Waals surface area contributed by atoms with E-state index >= 15 is 0 Å². The van der Waals surface area contributed by atoms with Gasteiger partial charge in [-0.3, -0.25) is 0 Å². The standard InChI is InChI=1S/C35H22N4O6/c40-33(41)26-17-25-16-23-12-11-21(36-23)15-22-13-14-24(37-22)18-27-28(19-7-3-1-4-8-19)29(20-9-5-2-6-10-20)32(39(27)35(44)45)30(34(42)43)31(26)38-25/h1-18,36H,(H,40,41)(H,42,43)(H,44,45). The number of aliphatic carboxylic acids is 1. The molecule has 0 saturated heterocycles. The molecule has 0 fully saturated rings. The summed E-state index contributed by atoms with van der Waals surface area (Å²) in [4.78, 5) is 51.4. The number of rotatable bonds is 4. The molecular weight excluding hydrogens is 572 g/mol. The van der Waals surface area contributed by atoms with Crippen LogP contribution in [0.1, 0.15) is 33.1 Å². The van der Waals surface area contributed by atoms with Crippen molar-refractivity contribution in [2.45, 2.75) is 0 Å². The van der Waals surface area contributed by atoms with E-state index < -0.39 is 23.6 Å². The van der Waals surface area contributed by atoms with Crippen molar-refractivity contribution < 1.29 is 29.7 Å². The molecule has 5 aromatic rings. The molecule has 5 heterocycles. The van der Waals surface area contributed by atoms with E-state index in [4.69, 9.17) is 0 Å². The molecule has 0 aliphatic carbocycles. The van der Waals surface area contributed by atoms with Crippen LogP contribution < -0.4 is 0 Å². The fourth-order valence-electron chi connectivity index (χ4n) is 5.74. The van der Waals surface area contributed by atoms with Crippen molar-refractivity contribution in [1.29, 1.82) is 0 Å². The van der Waals surface area contributed by atoms with E-state index in [2.05, 4.69) is 15.0 Å². The van der Waals surface area contributed by atoms with Gasteiger partial charge in [0.2, 0.25) is 0 Å². The third kappa shape index (κ3) is 4.76. The SMILES string of the molecule is O=C(O)C1=Cc2cc3ccc(cc4nc(cc5c(-c6ccccc6)c(-c6ccccc6)c(c(C(=O)O)c1n2)n5C(=O)O)C=C4)[nH]3. The summed E-state index contributed by atoms with van der Waals surface area (Å²) in [6.45, 7) is 0. The third-order valence-electron chi connectivity index (χ3n) is 7.54. The second-order valence-corrected chi connectivity index (χ2v) is 10.4. The van der Waals surface area contributed by atoms with E-state index in [1.165, 1.54) is 6.08 Å². The Labute approximate surface area is 254 Å².